The Morgan fingerprint density at radius 2 is 1.87 bits per heavy atom. The number of carbonyl (C=O) groups excluding carboxylic acids is 2. The summed E-state index contributed by atoms with van der Waals surface area (Å²) in [4.78, 5) is 33.6. The number of aromatic nitrogens is 2. The molecular formula is C28H34F3N5O2. The van der Waals surface area contributed by atoms with Crippen LogP contribution in [0.2, 0.25) is 0 Å². The number of alkyl halides is 3. The van der Waals surface area contributed by atoms with Crippen molar-refractivity contribution in [3.8, 4) is 0 Å². The molecule has 0 aliphatic carbocycles. The van der Waals surface area contributed by atoms with Gasteiger partial charge in [0.1, 0.15) is 0 Å². The molecule has 2 heterocycles. The smallest absolute Gasteiger partial charge is 0.378 e. The first kappa shape index (κ1) is 27.5. The van der Waals surface area contributed by atoms with Gasteiger partial charge in [-0.1, -0.05) is 26.0 Å². The second kappa shape index (κ2) is 11.0. The lowest BCUT2D eigenvalue weighted by molar-refractivity contribution is -0.137. The summed E-state index contributed by atoms with van der Waals surface area (Å²) in [7, 11) is 3.95. The molecule has 7 nitrogen and oxygen atoms in total. The number of fused-ring (bicyclic) bond motifs is 1. The van der Waals surface area contributed by atoms with E-state index in [4.69, 9.17) is 4.98 Å². The first-order chi connectivity index (χ1) is 17.9. The Hall–Kier alpha value is -3.56. The standard InChI is InChI=1S/C28H34F3N5O2/c1-18(2)26(38)36-14-13-22(17-36)34(3)27-33-24-12-10-21(15-25(24)35(27)4)32-16-23(37)11-7-19-5-8-20(9-6-19)28(29,30)31/h5-6,8-10,12,15,18,22,32H,7,11,13-14,16-17H2,1-4H3. The fraction of sp³-hybridized carbons (Fsp3) is 0.464. The van der Waals surface area contributed by atoms with Gasteiger partial charge in [-0.05, 0) is 48.7 Å². The topological polar surface area (TPSA) is 70.5 Å². The number of anilines is 2. The van der Waals surface area contributed by atoms with Crippen molar-refractivity contribution in [1.82, 2.24) is 14.5 Å². The van der Waals surface area contributed by atoms with Crippen LogP contribution in [0.15, 0.2) is 42.5 Å². The Morgan fingerprint density at radius 1 is 1.16 bits per heavy atom. The second-order valence-corrected chi connectivity index (χ2v) is 10.3. The summed E-state index contributed by atoms with van der Waals surface area (Å²) in [5.41, 5.74) is 2.54. The summed E-state index contributed by atoms with van der Waals surface area (Å²) in [5.74, 6) is 0.943. The fourth-order valence-electron chi connectivity index (χ4n) is 4.82. The van der Waals surface area contributed by atoms with Gasteiger partial charge >= 0.3 is 6.18 Å². The zero-order valence-electron chi connectivity index (χ0n) is 22.2. The molecule has 10 heteroatoms. The number of Topliss-reactive ketones (excluding diaryl/α,β-unsaturated/α-hetero) is 1. The number of halogens is 3. The van der Waals surface area contributed by atoms with E-state index in [0.29, 0.717) is 18.5 Å². The molecule has 3 aromatic rings. The van der Waals surface area contributed by atoms with E-state index < -0.39 is 11.7 Å². The number of hydrogen-bond acceptors (Lipinski definition) is 5. The number of benzene rings is 2. The third-order valence-electron chi connectivity index (χ3n) is 7.15. The molecule has 1 unspecified atom stereocenters. The number of amides is 1. The van der Waals surface area contributed by atoms with E-state index in [2.05, 4.69) is 10.2 Å². The molecule has 0 radical (unpaired) electrons. The average Bonchev–Trinajstić information content (AvgIpc) is 3.50. The summed E-state index contributed by atoms with van der Waals surface area (Å²) in [6, 6.07) is 10.8. The van der Waals surface area contributed by atoms with Gasteiger partial charge in [0.15, 0.2) is 5.78 Å². The molecule has 1 fully saturated rings. The van der Waals surface area contributed by atoms with Crippen LogP contribution in [0.4, 0.5) is 24.8 Å². The number of carbonyl (C=O) groups is 2. The minimum absolute atomic E-state index is 0.0163. The number of hydrogen-bond donors (Lipinski definition) is 1. The quantitative estimate of drug-likeness (QED) is 0.427. The zero-order valence-corrected chi connectivity index (χ0v) is 22.2. The van der Waals surface area contributed by atoms with Crippen molar-refractivity contribution in [2.75, 3.05) is 36.9 Å². The van der Waals surface area contributed by atoms with Crippen molar-refractivity contribution in [2.45, 2.75) is 45.3 Å². The Morgan fingerprint density at radius 3 is 2.53 bits per heavy atom. The Labute approximate surface area is 220 Å². The third-order valence-corrected chi connectivity index (χ3v) is 7.15. The molecule has 0 bridgehead atoms. The van der Waals surface area contributed by atoms with Crippen LogP contribution in [-0.2, 0) is 29.2 Å². The average molecular weight is 530 g/mol. The number of nitrogens with one attached hydrogen (secondary N) is 1. The van der Waals surface area contributed by atoms with Crippen LogP contribution in [-0.4, -0.2) is 58.9 Å². The molecule has 1 aromatic heterocycles. The molecule has 1 atom stereocenters. The van der Waals surface area contributed by atoms with Crippen LogP contribution >= 0.6 is 0 Å². The maximum atomic E-state index is 12.7. The van der Waals surface area contributed by atoms with Crippen molar-refractivity contribution in [2.24, 2.45) is 13.0 Å². The highest BCUT2D eigenvalue weighted by Gasteiger charge is 2.32. The SMILES string of the molecule is CC(C)C(=O)N1CCC(N(C)c2nc3ccc(NCC(=O)CCc4ccc(C(F)(F)F)cc4)cc3n2C)C1. The number of ketones is 1. The van der Waals surface area contributed by atoms with E-state index in [0.717, 1.165) is 47.8 Å². The van der Waals surface area contributed by atoms with E-state index in [-0.39, 0.29) is 36.6 Å². The van der Waals surface area contributed by atoms with Crippen molar-refractivity contribution < 1.29 is 22.8 Å². The van der Waals surface area contributed by atoms with E-state index >= 15 is 0 Å². The van der Waals surface area contributed by atoms with Gasteiger partial charge in [0.25, 0.3) is 0 Å². The molecule has 0 saturated carbocycles. The van der Waals surface area contributed by atoms with Crippen LogP contribution in [0.1, 0.15) is 37.8 Å². The van der Waals surface area contributed by atoms with Crippen molar-refractivity contribution in [3.63, 3.8) is 0 Å². The van der Waals surface area contributed by atoms with E-state index in [1.54, 1.807) is 0 Å². The van der Waals surface area contributed by atoms with E-state index in [9.17, 15) is 22.8 Å². The van der Waals surface area contributed by atoms with Gasteiger partial charge in [0, 0.05) is 45.2 Å². The number of aryl methyl sites for hydroxylation is 2. The Bertz CT molecular complexity index is 1300. The minimum atomic E-state index is -4.37. The fourth-order valence-corrected chi connectivity index (χ4v) is 4.82. The van der Waals surface area contributed by atoms with Gasteiger partial charge in [0.2, 0.25) is 11.9 Å². The van der Waals surface area contributed by atoms with E-state index in [1.165, 1.54) is 12.1 Å². The van der Waals surface area contributed by atoms with Crippen molar-refractivity contribution in [3.05, 3.63) is 53.6 Å². The molecule has 1 N–H and O–H groups in total. The summed E-state index contributed by atoms with van der Waals surface area (Å²) in [6.07, 6.45) is -2.86. The highest BCUT2D eigenvalue weighted by atomic mass is 19.4. The molecule has 1 aliphatic rings. The molecule has 0 spiro atoms. The summed E-state index contributed by atoms with van der Waals surface area (Å²) in [6.45, 7) is 5.39. The molecular weight excluding hydrogens is 495 g/mol. The predicted molar refractivity (Wildman–Crippen MR) is 142 cm³/mol. The number of nitrogens with zero attached hydrogens (tertiary/aromatic N) is 4. The lowest BCUT2D eigenvalue weighted by Gasteiger charge is -2.26. The summed E-state index contributed by atoms with van der Waals surface area (Å²) >= 11 is 0. The largest absolute Gasteiger partial charge is 0.416 e. The number of likely N-dealkylation sites (N-methyl/N-ethyl adjacent to an activating group) is 1. The predicted octanol–water partition coefficient (Wildman–Crippen LogP) is 4.90. The Balaban J connectivity index is 1.34. The monoisotopic (exact) mass is 529 g/mol. The van der Waals surface area contributed by atoms with Gasteiger partial charge in [-0.25, -0.2) is 4.98 Å². The van der Waals surface area contributed by atoms with Gasteiger partial charge in [-0.3, -0.25) is 9.59 Å². The normalized spacial score (nSPS) is 15.9. The molecule has 38 heavy (non-hydrogen) atoms. The molecule has 1 amide bonds. The molecule has 204 valence electrons. The molecule has 1 aliphatic heterocycles. The van der Waals surface area contributed by atoms with Gasteiger partial charge in [0.05, 0.1) is 29.2 Å². The van der Waals surface area contributed by atoms with Crippen molar-refractivity contribution >= 4 is 34.4 Å². The molecule has 4 rings (SSSR count). The van der Waals surface area contributed by atoms with Gasteiger partial charge < -0.3 is 19.7 Å². The molecule has 1 saturated heterocycles. The maximum absolute atomic E-state index is 12.7. The van der Waals surface area contributed by atoms with Gasteiger partial charge in [-0.2, -0.15) is 13.2 Å². The van der Waals surface area contributed by atoms with E-state index in [1.807, 2.05) is 55.6 Å². The highest BCUT2D eigenvalue weighted by molar-refractivity contribution is 5.86. The zero-order chi connectivity index (χ0) is 27.6. The second-order valence-electron chi connectivity index (χ2n) is 10.3. The maximum Gasteiger partial charge on any atom is 0.416 e. The summed E-state index contributed by atoms with van der Waals surface area (Å²) < 4.78 is 40.1. The van der Waals surface area contributed by atoms with Crippen LogP contribution in [0, 0.1) is 5.92 Å². The summed E-state index contributed by atoms with van der Waals surface area (Å²) in [5, 5.41) is 3.15. The first-order valence-corrected chi connectivity index (χ1v) is 12.8. The number of likely N-dealkylation sites (tertiary alicyclic amines) is 1. The Kier molecular flexibility index (Phi) is 7.99. The van der Waals surface area contributed by atoms with Crippen LogP contribution in [0.3, 0.4) is 0 Å². The number of rotatable bonds is 9. The first-order valence-electron chi connectivity index (χ1n) is 12.8. The highest BCUT2D eigenvalue weighted by Crippen LogP contribution is 2.29. The van der Waals surface area contributed by atoms with Crippen molar-refractivity contribution in [1.29, 1.82) is 0 Å². The van der Waals surface area contributed by atoms with Gasteiger partial charge in [-0.15, -0.1) is 0 Å². The minimum Gasteiger partial charge on any atom is -0.378 e. The van der Waals surface area contributed by atoms with Crippen LogP contribution in [0.5, 0.6) is 0 Å². The third kappa shape index (κ3) is 6.11. The molecule has 2 aromatic carbocycles. The van der Waals surface area contributed by atoms with Crippen LogP contribution < -0.4 is 10.2 Å². The number of imidazole rings is 1. The lowest BCUT2D eigenvalue weighted by Crippen LogP contribution is -2.38. The van der Waals surface area contributed by atoms with Crippen LogP contribution in [0.25, 0.3) is 11.0 Å². The lowest BCUT2D eigenvalue weighted by atomic mass is 10.1.